The minimum Gasteiger partial charge on any atom is -0.459 e. The first-order valence-electron chi connectivity index (χ1n) is 10.0. The molecule has 0 fully saturated rings. The fourth-order valence-electron chi connectivity index (χ4n) is 3.13. The van der Waals surface area contributed by atoms with Crippen LogP contribution in [0.15, 0.2) is 52.1 Å². The van der Waals surface area contributed by atoms with E-state index < -0.39 is 0 Å². The zero-order chi connectivity index (χ0) is 21.2. The van der Waals surface area contributed by atoms with E-state index in [1.807, 2.05) is 24.3 Å². The summed E-state index contributed by atoms with van der Waals surface area (Å²) >= 11 is 0. The molecule has 0 aliphatic carbocycles. The number of rotatable bonds is 9. The molecule has 0 saturated carbocycles. The Morgan fingerprint density at radius 3 is 2.27 bits per heavy atom. The molecule has 2 rings (SSSR count). The van der Waals surface area contributed by atoms with Gasteiger partial charge in [-0.25, -0.2) is 0 Å². The molecule has 0 radical (unpaired) electrons. The van der Waals surface area contributed by atoms with Crippen LogP contribution in [-0.2, 0) is 6.54 Å². The van der Waals surface area contributed by atoms with E-state index in [1.165, 1.54) is 6.26 Å². The number of carbonyl (C=O) groups is 1. The van der Waals surface area contributed by atoms with E-state index >= 15 is 0 Å². The Labute approximate surface area is 196 Å². The van der Waals surface area contributed by atoms with Crippen LogP contribution >= 0.6 is 24.0 Å². The van der Waals surface area contributed by atoms with Crippen LogP contribution in [-0.4, -0.2) is 49.0 Å². The smallest absolute Gasteiger partial charge is 0.291 e. The molecule has 0 atom stereocenters. The fourth-order valence-corrected chi connectivity index (χ4v) is 3.13. The molecule has 7 nitrogen and oxygen atoms in total. The van der Waals surface area contributed by atoms with E-state index in [1.54, 1.807) is 19.2 Å². The number of amides is 1. The van der Waals surface area contributed by atoms with Gasteiger partial charge in [0.25, 0.3) is 5.91 Å². The summed E-state index contributed by atoms with van der Waals surface area (Å²) in [5.41, 5.74) is 1.81. The van der Waals surface area contributed by atoms with E-state index in [2.05, 4.69) is 53.5 Å². The molecule has 0 aliphatic heterocycles. The summed E-state index contributed by atoms with van der Waals surface area (Å²) in [6.45, 7) is 11.3. The largest absolute Gasteiger partial charge is 0.459 e. The first-order valence-corrected chi connectivity index (χ1v) is 10.0. The zero-order valence-corrected chi connectivity index (χ0v) is 20.8. The van der Waals surface area contributed by atoms with Crippen molar-refractivity contribution in [2.24, 2.45) is 4.99 Å². The second-order valence-corrected chi connectivity index (χ2v) is 7.41. The van der Waals surface area contributed by atoms with Gasteiger partial charge in [0.15, 0.2) is 11.7 Å². The highest BCUT2D eigenvalue weighted by molar-refractivity contribution is 14.0. The third kappa shape index (κ3) is 8.35. The number of nitrogens with one attached hydrogen (secondary N) is 3. The monoisotopic (exact) mass is 527 g/mol. The van der Waals surface area contributed by atoms with Gasteiger partial charge in [0.2, 0.25) is 0 Å². The summed E-state index contributed by atoms with van der Waals surface area (Å²) in [6.07, 6.45) is 1.48. The second kappa shape index (κ2) is 13.3. The Balaban J connectivity index is 0.00000450. The summed E-state index contributed by atoms with van der Waals surface area (Å²) in [4.78, 5) is 18.7. The van der Waals surface area contributed by atoms with Crippen molar-refractivity contribution >= 4 is 41.5 Å². The third-order valence-corrected chi connectivity index (χ3v) is 4.63. The average Bonchev–Trinajstić information content (AvgIpc) is 3.23. The van der Waals surface area contributed by atoms with Crippen LogP contribution in [0.2, 0.25) is 0 Å². The van der Waals surface area contributed by atoms with Crippen LogP contribution < -0.4 is 16.0 Å². The van der Waals surface area contributed by atoms with Gasteiger partial charge in [-0.3, -0.25) is 14.7 Å². The summed E-state index contributed by atoms with van der Waals surface area (Å²) < 4.78 is 5.10. The maximum Gasteiger partial charge on any atom is 0.291 e. The zero-order valence-electron chi connectivity index (χ0n) is 18.4. The Bertz CT molecular complexity index is 765. The number of hydrogen-bond donors (Lipinski definition) is 3. The van der Waals surface area contributed by atoms with Crippen molar-refractivity contribution in [3.05, 3.63) is 54.0 Å². The SMILES string of the molecule is CN=C(NCCN(C(C)C)C(C)C)NCc1ccc(NC(=O)c2ccco2)cc1.I. The number of halogens is 1. The summed E-state index contributed by atoms with van der Waals surface area (Å²) in [6, 6.07) is 12.0. The Hall–Kier alpha value is -2.07. The molecule has 0 bridgehead atoms. The number of guanidine groups is 1. The predicted octanol–water partition coefficient (Wildman–Crippen LogP) is 3.93. The average molecular weight is 527 g/mol. The van der Waals surface area contributed by atoms with Crippen molar-refractivity contribution in [1.82, 2.24) is 15.5 Å². The molecular formula is C22H34IN5O2. The quantitative estimate of drug-likeness (QED) is 0.262. The van der Waals surface area contributed by atoms with Crippen molar-refractivity contribution in [2.45, 2.75) is 46.3 Å². The molecule has 0 spiro atoms. The standard InChI is InChI=1S/C22H33N5O2.HI/c1-16(2)27(17(3)4)13-12-24-22(23-5)25-15-18-8-10-19(11-9-18)26-21(28)20-7-6-14-29-20;/h6-11,14,16-17H,12-13,15H2,1-5H3,(H,26,28)(H2,23,24,25);1H. The molecule has 2 aromatic rings. The lowest BCUT2D eigenvalue weighted by Crippen LogP contribution is -2.45. The van der Waals surface area contributed by atoms with E-state index in [9.17, 15) is 4.79 Å². The first kappa shape index (κ1) is 26.0. The van der Waals surface area contributed by atoms with Crippen LogP contribution in [0.1, 0.15) is 43.8 Å². The Kier molecular flexibility index (Phi) is 11.5. The van der Waals surface area contributed by atoms with E-state index in [4.69, 9.17) is 4.42 Å². The molecule has 1 heterocycles. The van der Waals surface area contributed by atoms with Gasteiger partial charge in [-0.2, -0.15) is 0 Å². The van der Waals surface area contributed by atoms with Crippen molar-refractivity contribution in [3.63, 3.8) is 0 Å². The number of benzene rings is 1. The normalized spacial score (nSPS) is 11.5. The molecule has 3 N–H and O–H groups in total. The summed E-state index contributed by atoms with van der Waals surface area (Å²) in [5.74, 6) is 0.800. The van der Waals surface area contributed by atoms with Gasteiger partial charge >= 0.3 is 0 Å². The highest BCUT2D eigenvalue weighted by Gasteiger charge is 2.12. The molecule has 166 valence electrons. The molecule has 1 aromatic carbocycles. The summed E-state index contributed by atoms with van der Waals surface area (Å²) in [7, 11) is 1.77. The first-order chi connectivity index (χ1) is 13.9. The lowest BCUT2D eigenvalue weighted by atomic mass is 10.2. The molecule has 1 amide bonds. The van der Waals surface area contributed by atoms with Gasteiger partial charge < -0.3 is 20.4 Å². The molecule has 0 unspecified atom stereocenters. The molecular weight excluding hydrogens is 493 g/mol. The van der Waals surface area contributed by atoms with Crippen molar-refractivity contribution in [1.29, 1.82) is 0 Å². The molecule has 1 aromatic heterocycles. The van der Waals surface area contributed by atoms with Gasteiger partial charge in [-0.1, -0.05) is 12.1 Å². The Morgan fingerprint density at radius 2 is 1.73 bits per heavy atom. The van der Waals surface area contributed by atoms with Crippen molar-refractivity contribution in [3.8, 4) is 0 Å². The number of anilines is 1. The van der Waals surface area contributed by atoms with Crippen LogP contribution in [0.5, 0.6) is 0 Å². The molecule has 30 heavy (non-hydrogen) atoms. The maximum absolute atomic E-state index is 12.0. The topological polar surface area (TPSA) is 81.9 Å². The van der Waals surface area contributed by atoms with Gasteiger partial charge in [-0.15, -0.1) is 24.0 Å². The summed E-state index contributed by atoms with van der Waals surface area (Å²) in [5, 5.41) is 9.49. The molecule has 8 heteroatoms. The van der Waals surface area contributed by atoms with Crippen LogP contribution in [0.3, 0.4) is 0 Å². The van der Waals surface area contributed by atoms with Gasteiger partial charge in [0.05, 0.1) is 6.26 Å². The van der Waals surface area contributed by atoms with Gasteiger partial charge in [0.1, 0.15) is 0 Å². The minimum absolute atomic E-state index is 0. The predicted molar refractivity (Wildman–Crippen MR) is 134 cm³/mol. The number of aliphatic imine (C=N–C) groups is 1. The molecule has 0 aliphatic rings. The maximum atomic E-state index is 12.0. The highest BCUT2D eigenvalue weighted by Crippen LogP contribution is 2.12. The van der Waals surface area contributed by atoms with Gasteiger partial charge in [-0.05, 0) is 57.5 Å². The third-order valence-electron chi connectivity index (χ3n) is 4.63. The van der Waals surface area contributed by atoms with Gasteiger partial charge in [0, 0.05) is 44.5 Å². The van der Waals surface area contributed by atoms with Crippen LogP contribution in [0.25, 0.3) is 0 Å². The fraction of sp³-hybridized carbons (Fsp3) is 0.455. The van der Waals surface area contributed by atoms with E-state index in [0.717, 1.165) is 30.3 Å². The number of hydrogen-bond acceptors (Lipinski definition) is 4. The second-order valence-electron chi connectivity index (χ2n) is 7.41. The minimum atomic E-state index is -0.262. The number of nitrogens with zero attached hydrogens (tertiary/aromatic N) is 2. The van der Waals surface area contributed by atoms with Crippen molar-refractivity contribution < 1.29 is 9.21 Å². The van der Waals surface area contributed by atoms with Crippen molar-refractivity contribution in [2.75, 3.05) is 25.5 Å². The number of carbonyl (C=O) groups excluding carboxylic acids is 1. The van der Waals surface area contributed by atoms with Crippen LogP contribution in [0, 0.1) is 0 Å². The van der Waals surface area contributed by atoms with Crippen LogP contribution in [0.4, 0.5) is 5.69 Å². The van der Waals surface area contributed by atoms with E-state index in [0.29, 0.717) is 24.4 Å². The lowest BCUT2D eigenvalue weighted by molar-refractivity contribution is 0.0996. The number of furan rings is 1. The van der Waals surface area contributed by atoms with E-state index in [-0.39, 0.29) is 29.9 Å². The molecule has 0 saturated heterocycles. The Morgan fingerprint density at radius 1 is 1.07 bits per heavy atom. The lowest BCUT2D eigenvalue weighted by Gasteiger charge is -2.30. The highest BCUT2D eigenvalue weighted by atomic mass is 127.